The van der Waals surface area contributed by atoms with Crippen molar-refractivity contribution in [2.24, 2.45) is 23.2 Å². The molecule has 5 aliphatic rings. The van der Waals surface area contributed by atoms with Gasteiger partial charge in [0.1, 0.15) is 12.1 Å². The number of hydrogen-bond acceptors (Lipinski definition) is 5. The van der Waals surface area contributed by atoms with E-state index in [1.165, 1.54) is 44.9 Å². The minimum atomic E-state index is -0.0240. The van der Waals surface area contributed by atoms with E-state index in [2.05, 4.69) is 20.3 Å². The second-order valence-corrected chi connectivity index (χ2v) is 10.5. The number of nitrogens with zero attached hydrogens (tertiary/aromatic N) is 4. The molecule has 32 heavy (non-hydrogen) atoms. The molecule has 3 heterocycles. The van der Waals surface area contributed by atoms with Crippen LogP contribution in [0.25, 0.3) is 0 Å². The molecule has 4 bridgehead atoms. The number of anilines is 1. The van der Waals surface area contributed by atoms with Crippen LogP contribution in [0.1, 0.15) is 66.6 Å². The monoisotopic (exact) mass is 431 g/mol. The van der Waals surface area contributed by atoms with Crippen LogP contribution in [-0.4, -0.2) is 38.2 Å². The lowest BCUT2D eigenvalue weighted by Crippen LogP contribution is -2.47. The van der Waals surface area contributed by atoms with Gasteiger partial charge in [-0.05, 0) is 80.2 Å². The fourth-order valence-electron chi connectivity index (χ4n) is 7.34. The number of aromatic nitrogens is 3. The molecule has 0 aromatic carbocycles. The summed E-state index contributed by atoms with van der Waals surface area (Å²) in [5.41, 5.74) is 2.62. The van der Waals surface area contributed by atoms with E-state index in [9.17, 15) is 9.59 Å². The normalized spacial score (nSPS) is 30.1. The molecule has 0 radical (unpaired) electrons. The van der Waals surface area contributed by atoms with Crippen molar-refractivity contribution in [2.45, 2.75) is 57.9 Å². The first-order chi connectivity index (χ1) is 15.6. The SMILES string of the molecule is O=C(CC12CC3CC(CC(C3)C1)C2)Nc1ncnc2c1CCN(C(=O)c1ccncc1)C2. The molecule has 0 saturated heterocycles. The number of rotatable bonds is 4. The molecule has 4 fully saturated rings. The summed E-state index contributed by atoms with van der Waals surface area (Å²) in [6, 6.07) is 3.46. The zero-order valence-electron chi connectivity index (χ0n) is 18.3. The molecule has 166 valence electrons. The van der Waals surface area contributed by atoms with Crippen LogP contribution >= 0.6 is 0 Å². The van der Waals surface area contributed by atoms with Gasteiger partial charge in [0.05, 0.1) is 12.2 Å². The smallest absolute Gasteiger partial charge is 0.254 e. The Hall–Kier alpha value is -2.83. The highest BCUT2D eigenvalue weighted by atomic mass is 16.2. The van der Waals surface area contributed by atoms with E-state index < -0.39 is 0 Å². The van der Waals surface area contributed by atoms with Gasteiger partial charge in [0.2, 0.25) is 5.91 Å². The maximum absolute atomic E-state index is 13.1. The standard InChI is InChI=1S/C25H29N5O2/c31-22(13-25-10-16-7-17(11-25)9-18(8-16)12-25)29-23-20-3-6-30(14-21(20)27-15-28-23)24(32)19-1-4-26-5-2-19/h1-2,4-5,15-18H,3,6-14H2,(H,27,28,29,31). The number of hydrogen-bond donors (Lipinski definition) is 1. The summed E-state index contributed by atoms with van der Waals surface area (Å²) in [6.07, 6.45) is 13.8. The first-order valence-corrected chi connectivity index (χ1v) is 11.9. The first-order valence-electron chi connectivity index (χ1n) is 11.9. The van der Waals surface area contributed by atoms with Crippen molar-refractivity contribution in [1.82, 2.24) is 19.9 Å². The molecule has 0 unspecified atom stereocenters. The lowest BCUT2D eigenvalue weighted by atomic mass is 9.49. The van der Waals surface area contributed by atoms with E-state index in [-0.39, 0.29) is 17.2 Å². The first kappa shape index (κ1) is 19.8. The third-order valence-electron chi connectivity index (χ3n) is 8.18. The van der Waals surface area contributed by atoms with Crippen molar-refractivity contribution < 1.29 is 9.59 Å². The van der Waals surface area contributed by atoms with Crippen LogP contribution in [0.4, 0.5) is 5.82 Å². The molecule has 7 heteroatoms. The van der Waals surface area contributed by atoms with Gasteiger partial charge in [0.15, 0.2) is 0 Å². The Morgan fingerprint density at radius 2 is 1.72 bits per heavy atom. The van der Waals surface area contributed by atoms with E-state index in [0.717, 1.165) is 29.0 Å². The molecule has 2 amide bonds. The van der Waals surface area contributed by atoms with Crippen molar-refractivity contribution >= 4 is 17.6 Å². The zero-order valence-corrected chi connectivity index (χ0v) is 18.3. The number of carbonyl (C=O) groups is 2. The molecule has 0 spiro atoms. The second-order valence-electron chi connectivity index (χ2n) is 10.5. The summed E-state index contributed by atoms with van der Waals surface area (Å²) < 4.78 is 0. The number of pyridine rings is 1. The van der Waals surface area contributed by atoms with Gasteiger partial charge < -0.3 is 10.2 Å². The van der Waals surface area contributed by atoms with Gasteiger partial charge in [-0.15, -0.1) is 0 Å². The average Bonchev–Trinajstić information content (AvgIpc) is 2.77. The van der Waals surface area contributed by atoms with E-state index >= 15 is 0 Å². The van der Waals surface area contributed by atoms with Crippen molar-refractivity contribution in [3.8, 4) is 0 Å². The van der Waals surface area contributed by atoms with Crippen LogP contribution in [0, 0.1) is 23.2 Å². The van der Waals surface area contributed by atoms with Crippen LogP contribution < -0.4 is 5.32 Å². The summed E-state index contributed by atoms with van der Waals surface area (Å²) in [6.45, 7) is 1.01. The summed E-state index contributed by atoms with van der Waals surface area (Å²) >= 11 is 0. The Balaban J connectivity index is 1.15. The fraction of sp³-hybridized carbons (Fsp3) is 0.560. The average molecular weight is 432 g/mol. The maximum atomic E-state index is 13.1. The number of fused-ring (bicyclic) bond motifs is 1. The lowest BCUT2D eigenvalue weighted by molar-refractivity contribution is -0.124. The molecule has 1 N–H and O–H groups in total. The van der Waals surface area contributed by atoms with E-state index in [1.54, 1.807) is 29.4 Å². The molecular formula is C25H29N5O2. The largest absolute Gasteiger partial charge is 0.332 e. The van der Waals surface area contributed by atoms with Gasteiger partial charge in [0.25, 0.3) is 5.91 Å². The Kier molecular flexibility index (Phi) is 4.73. The topological polar surface area (TPSA) is 88.1 Å². The van der Waals surface area contributed by atoms with Crippen LogP contribution in [-0.2, 0) is 17.8 Å². The predicted octanol–water partition coefficient (Wildman–Crippen LogP) is 3.62. The maximum Gasteiger partial charge on any atom is 0.254 e. The predicted molar refractivity (Wildman–Crippen MR) is 119 cm³/mol. The van der Waals surface area contributed by atoms with Crippen molar-refractivity contribution in [2.75, 3.05) is 11.9 Å². The number of carbonyl (C=O) groups excluding carboxylic acids is 2. The molecular weight excluding hydrogens is 402 g/mol. The van der Waals surface area contributed by atoms with E-state index in [0.29, 0.717) is 37.3 Å². The molecule has 2 aromatic heterocycles. The van der Waals surface area contributed by atoms with Gasteiger partial charge in [0, 0.05) is 36.5 Å². The van der Waals surface area contributed by atoms with Crippen LogP contribution in [0.3, 0.4) is 0 Å². The molecule has 0 atom stereocenters. The third-order valence-corrected chi connectivity index (χ3v) is 8.18. The number of amides is 2. The summed E-state index contributed by atoms with van der Waals surface area (Å²) in [5.74, 6) is 3.20. The van der Waals surface area contributed by atoms with Crippen molar-refractivity contribution in [3.63, 3.8) is 0 Å². The fourth-order valence-corrected chi connectivity index (χ4v) is 7.34. The minimum Gasteiger partial charge on any atom is -0.332 e. The summed E-state index contributed by atoms with van der Waals surface area (Å²) in [7, 11) is 0. The van der Waals surface area contributed by atoms with Crippen molar-refractivity contribution in [1.29, 1.82) is 0 Å². The van der Waals surface area contributed by atoms with E-state index in [1.807, 2.05) is 0 Å². The van der Waals surface area contributed by atoms with Crippen LogP contribution in [0.15, 0.2) is 30.9 Å². The summed E-state index contributed by atoms with van der Waals surface area (Å²) in [4.78, 5) is 40.5. The Morgan fingerprint density at radius 3 is 2.41 bits per heavy atom. The Morgan fingerprint density at radius 1 is 1.03 bits per heavy atom. The molecule has 7 nitrogen and oxygen atoms in total. The molecule has 7 rings (SSSR count). The van der Waals surface area contributed by atoms with Gasteiger partial charge in [-0.25, -0.2) is 9.97 Å². The Labute approximate surface area is 188 Å². The highest BCUT2D eigenvalue weighted by Crippen LogP contribution is 2.61. The van der Waals surface area contributed by atoms with Crippen molar-refractivity contribution in [3.05, 3.63) is 47.7 Å². The van der Waals surface area contributed by atoms with Crippen LogP contribution in [0.2, 0.25) is 0 Å². The highest BCUT2D eigenvalue weighted by molar-refractivity contribution is 5.94. The zero-order chi connectivity index (χ0) is 21.7. The van der Waals surface area contributed by atoms with Crippen LogP contribution in [0.5, 0.6) is 0 Å². The minimum absolute atomic E-state index is 0.0240. The van der Waals surface area contributed by atoms with Gasteiger partial charge >= 0.3 is 0 Å². The Bertz CT molecular complexity index is 1020. The van der Waals surface area contributed by atoms with Gasteiger partial charge in [-0.1, -0.05) is 0 Å². The van der Waals surface area contributed by atoms with Gasteiger partial charge in [-0.2, -0.15) is 0 Å². The summed E-state index contributed by atoms with van der Waals surface area (Å²) in [5, 5.41) is 3.12. The third kappa shape index (κ3) is 3.57. The molecule has 1 aliphatic heterocycles. The molecule has 4 saturated carbocycles. The molecule has 4 aliphatic carbocycles. The lowest BCUT2D eigenvalue weighted by Gasteiger charge is -2.56. The quantitative estimate of drug-likeness (QED) is 0.799. The molecule has 2 aromatic rings. The van der Waals surface area contributed by atoms with Gasteiger partial charge in [-0.3, -0.25) is 14.6 Å². The number of nitrogens with one attached hydrogen (secondary N) is 1. The van der Waals surface area contributed by atoms with E-state index in [4.69, 9.17) is 0 Å². The highest BCUT2D eigenvalue weighted by Gasteiger charge is 2.51. The second kappa shape index (κ2) is 7.64.